The summed E-state index contributed by atoms with van der Waals surface area (Å²) < 4.78 is 15.1. The van der Waals surface area contributed by atoms with Crippen molar-refractivity contribution in [2.24, 2.45) is 16.7 Å². The lowest BCUT2D eigenvalue weighted by Gasteiger charge is -2.24. The van der Waals surface area contributed by atoms with Crippen LogP contribution in [0, 0.1) is 16.7 Å². The zero-order valence-corrected chi connectivity index (χ0v) is 19.7. The normalized spacial score (nSPS) is 24.3. The van der Waals surface area contributed by atoms with Crippen LogP contribution in [0.5, 0.6) is 0 Å². The van der Waals surface area contributed by atoms with E-state index >= 15 is 0 Å². The smallest absolute Gasteiger partial charge is 0.306 e. The minimum Gasteiger partial charge on any atom is -0.478 e. The molecule has 0 spiro atoms. The summed E-state index contributed by atoms with van der Waals surface area (Å²) >= 11 is 0. The van der Waals surface area contributed by atoms with Crippen molar-refractivity contribution in [3.8, 4) is 0 Å². The van der Waals surface area contributed by atoms with Gasteiger partial charge in [-0.25, -0.2) is 0 Å². The highest BCUT2D eigenvalue weighted by Gasteiger charge is 2.34. The van der Waals surface area contributed by atoms with Crippen molar-refractivity contribution in [2.75, 3.05) is 19.8 Å². The molecule has 0 aromatic heterocycles. The van der Waals surface area contributed by atoms with Crippen LogP contribution in [-0.2, 0) is 23.8 Å². The first-order valence-corrected chi connectivity index (χ1v) is 10.6. The van der Waals surface area contributed by atoms with Crippen LogP contribution in [0.2, 0.25) is 0 Å². The Kier molecular flexibility index (Phi) is 9.04. The van der Waals surface area contributed by atoms with Crippen LogP contribution in [-0.4, -0.2) is 48.7 Å². The Morgan fingerprint density at radius 3 is 1.83 bits per heavy atom. The predicted octanol–water partition coefficient (Wildman–Crippen LogP) is 4.53. The molecule has 2 atom stereocenters. The van der Waals surface area contributed by atoms with E-state index in [2.05, 4.69) is 66.9 Å². The first-order valence-electron chi connectivity index (χ1n) is 10.6. The lowest BCUT2D eigenvalue weighted by Crippen LogP contribution is -2.25. The summed E-state index contributed by atoms with van der Waals surface area (Å²) in [5, 5.41) is 0. The number of nitrogens with zero attached hydrogens (tertiary/aromatic N) is 1. The summed E-state index contributed by atoms with van der Waals surface area (Å²) in [6.45, 7) is 23.1. The number of hydrogen-bond acceptors (Lipinski definition) is 6. The maximum Gasteiger partial charge on any atom is 0.306 e. The van der Waals surface area contributed by atoms with Gasteiger partial charge in [0.15, 0.2) is 5.88 Å². The van der Waals surface area contributed by atoms with E-state index in [0.717, 1.165) is 25.5 Å². The average Bonchev–Trinajstić information content (AvgIpc) is 3.28. The number of esters is 2. The summed E-state index contributed by atoms with van der Waals surface area (Å²) in [5.74, 6) is 1.16. The van der Waals surface area contributed by atoms with E-state index < -0.39 is 0 Å². The molecule has 6 heteroatoms. The van der Waals surface area contributed by atoms with Crippen LogP contribution in [0.3, 0.4) is 0 Å². The molecule has 3 rings (SSSR count). The summed E-state index contributed by atoms with van der Waals surface area (Å²) in [6, 6.07) is 0.528. The second kappa shape index (κ2) is 10.4. The Balaban J connectivity index is 0.000000218. The highest BCUT2D eigenvalue weighted by Crippen LogP contribution is 2.32. The van der Waals surface area contributed by atoms with Gasteiger partial charge in [-0.15, -0.1) is 0 Å². The maximum atomic E-state index is 10.7. The Labute approximate surface area is 176 Å². The molecule has 0 radical (unpaired) electrons. The molecule has 3 aliphatic rings. The van der Waals surface area contributed by atoms with Crippen LogP contribution in [0.4, 0.5) is 0 Å². The van der Waals surface area contributed by atoms with E-state index in [-0.39, 0.29) is 28.9 Å². The molecule has 0 amide bonds. The van der Waals surface area contributed by atoms with Crippen LogP contribution in [0.25, 0.3) is 0 Å². The number of hydrogen-bond donors (Lipinski definition) is 0. The molecule has 0 saturated carbocycles. The van der Waals surface area contributed by atoms with Crippen molar-refractivity contribution >= 4 is 11.9 Å². The molecular weight excluding hydrogens is 370 g/mol. The Morgan fingerprint density at radius 2 is 1.62 bits per heavy atom. The first-order chi connectivity index (χ1) is 13.2. The zero-order chi connectivity index (χ0) is 22.4. The molecule has 0 aromatic carbocycles. The monoisotopic (exact) mass is 411 g/mol. The molecule has 0 aromatic rings. The van der Waals surface area contributed by atoms with Gasteiger partial charge in [0.05, 0.1) is 19.6 Å². The second-order valence-corrected chi connectivity index (χ2v) is 10.4. The summed E-state index contributed by atoms with van der Waals surface area (Å²) in [5.41, 5.74) is 0.332. The number of ether oxygens (including phenoxy) is 3. The third-order valence-electron chi connectivity index (χ3n) is 5.48. The van der Waals surface area contributed by atoms with Crippen molar-refractivity contribution in [1.82, 2.24) is 4.90 Å². The molecule has 3 heterocycles. The van der Waals surface area contributed by atoms with Crippen LogP contribution in [0.15, 0.2) is 12.5 Å². The third kappa shape index (κ3) is 8.67. The van der Waals surface area contributed by atoms with Gasteiger partial charge in [0.1, 0.15) is 12.7 Å². The van der Waals surface area contributed by atoms with Gasteiger partial charge in [-0.2, -0.15) is 0 Å². The quantitative estimate of drug-likeness (QED) is 0.591. The molecule has 3 saturated heterocycles. The van der Waals surface area contributed by atoms with E-state index in [1.165, 1.54) is 0 Å². The topological polar surface area (TPSA) is 65.1 Å². The average molecular weight is 412 g/mol. The lowest BCUT2D eigenvalue weighted by molar-refractivity contribution is -0.145. The first kappa shape index (κ1) is 25.3. The summed E-state index contributed by atoms with van der Waals surface area (Å²) in [6.07, 6.45) is 2.23. The summed E-state index contributed by atoms with van der Waals surface area (Å²) in [7, 11) is 0. The minimum atomic E-state index is -0.0417. The SMILES string of the molecule is C=C1OCCN1C(C)C.CC(C)(C)C1CCC(=O)O1.CC(C)(C)C1COC(=O)C1. The van der Waals surface area contributed by atoms with Gasteiger partial charge < -0.3 is 19.1 Å². The van der Waals surface area contributed by atoms with Crippen LogP contribution in [0.1, 0.15) is 74.7 Å². The molecule has 168 valence electrons. The molecule has 0 bridgehead atoms. The van der Waals surface area contributed by atoms with E-state index in [1.807, 2.05) is 0 Å². The van der Waals surface area contributed by atoms with E-state index in [0.29, 0.717) is 31.4 Å². The standard InChI is InChI=1S/2C8H14O2.C7H13NO/c1-8(2,3)6-4-7(9)10-5-6;1-8(2,3)6-4-5-7(9)10-6;1-6(2)8-4-5-9-7(8)3/h2*6H,4-5H2,1-3H3;6H,3-5H2,1-2H3. The largest absolute Gasteiger partial charge is 0.478 e. The van der Waals surface area contributed by atoms with Crippen molar-refractivity contribution in [3.63, 3.8) is 0 Å². The number of cyclic esters (lactones) is 2. The molecule has 0 N–H and O–H groups in total. The number of rotatable bonds is 1. The Morgan fingerprint density at radius 1 is 1.00 bits per heavy atom. The molecule has 3 fully saturated rings. The van der Waals surface area contributed by atoms with Gasteiger partial charge in [0.25, 0.3) is 0 Å². The predicted molar refractivity (Wildman–Crippen MR) is 114 cm³/mol. The van der Waals surface area contributed by atoms with Gasteiger partial charge in [0, 0.05) is 18.4 Å². The Bertz CT molecular complexity index is 535. The van der Waals surface area contributed by atoms with Gasteiger partial charge in [-0.3, -0.25) is 9.59 Å². The van der Waals surface area contributed by atoms with E-state index in [4.69, 9.17) is 14.2 Å². The van der Waals surface area contributed by atoms with Crippen molar-refractivity contribution in [2.45, 2.75) is 86.8 Å². The van der Waals surface area contributed by atoms with Gasteiger partial charge in [0.2, 0.25) is 0 Å². The molecule has 6 nitrogen and oxygen atoms in total. The van der Waals surface area contributed by atoms with Gasteiger partial charge in [-0.05, 0) is 37.7 Å². The van der Waals surface area contributed by atoms with E-state index in [9.17, 15) is 9.59 Å². The molecule has 0 aliphatic carbocycles. The number of carbonyl (C=O) groups is 2. The van der Waals surface area contributed by atoms with Crippen molar-refractivity contribution in [1.29, 1.82) is 0 Å². The second-order valence-electron chi connectivity index (χ2n) is 10.4. The summed E-state index contributed by atoms with van der Waals surface area (Å²) in [4.78, 5) is 23.5. The lowest BCUT2D eigenvalue weighted by atomic mass is 9.80. The molecule has 3 aliphatic heterocycles. The van der Waals surface area contributed by atoms with Crippen molar-refractivity contribution < 1.29 is 23.8 Å². The maximum absolute atomic E-state index is 10.7. The molecule has 29 heavy (non-hydrogen) atoms. The van der Waals surface area contributed by atoms with Crippen LogP contribution >= 0.6 is 0 Å². The molecule has 2 unspecified atom stereocenters. The fourth-order valence-corrected chi connectivity index (χ4v) is 3.22. The van der Waals surface area contributed by atoms with E-state index in [1.54, 1.807) is 0 Å². The number of carbonyl (C=O) groups excluding carboxylic acids is 2. The van der Waals surface area contributed by atoms with Gasteiger partial charge in [-0.1, -0.05) is 41.5 Å². The van der Waals surface area contributed by atoms with Crippen LogP contribution < -0.4 is 0 Å². The fraction of sp³-hybridized carbons (Fsp3) is 0.826. The minimum absolute atomic E-state index is 0.0417. The Hall–Kier alpha value is -1.72. The highest BCUT2D eigenvalue weighted by atomic mass is 16.6. The third-order valence-corrected chi connectivity index (χ3v) is 5.48. The van der Waals surface area contributed by atoms with Crippen molar-refractivity contribution in [3.05, 3.63) is 12.5 Å². The van der Waals surface area contributed by atoms with Gasteiger partial charge >= 0.3 is 11.9 Å². The molecular formula is C23H41NO5. The highest BCUT2D eigenvalue weighted by molar-refractivity contribution is 5.71. The fourth-order valence-electron chi connectivity index (χ4n) is 3.22. The zero-order valence-electron chi connectivity index (χ0n) is 19.7.